The molecule has 0 bridgehead atoms. The van der Waals surface area contributed by atoms with Crippen molar-refractivity contribution < 1.29 is 22.5 Å². The van der Waals surface area contributed by atoms with Gasteiger partial charge in [-0.3, -0.25) is 0 Å². The summed E-state index contributed by atoms with van der Waals surface area (Å²) in [6.45, 7) is -0.493. The summed E-state index contributed by atoms with van der Waals surface area (Å²) in [7, 11) is -4.39. The van der Waals surface area contributed by atoms with Crippen LogP contribution in [0.4, 0.5) is 0 Å². The SMILES string of the molecule is O=C(OCCS(=O)(=O)[O-])c1cc(Br)ccc1Cl. The van der Waals surface area contributed by atoms with Crippen LogP contribution in [0.2, 0.25) is 5.02 Å². The maximum absolute atomic E-state index is 11.5. The molecule has 0 aliphatic heterocycles. The van der Waals surface area contributed by atoms with E-state index in [1.165, 1.54) is 12.1 Å². The first-order valence-corrected chi connectivity index (χ1v) is 7.10. The largest absolute Gasteiger partial charge is 0.748 e. The van der Waals surface area contributed by atoms with Gasteiger partial charge in [0.15, 0.2) is 0 Å². The van der Waals surface area contributed by atoms with Crippen molar-refractivity contribution >= 4 is 43.6 Å². The normalized spacial score (nSPS) is 11.2. The van der Waals surface area contributed by atoms with E-state index in [0.717, 1.165) is 0 Å². The summed E-state index contributed by atoms with van der Waals surface area (Å²) in [5.41, 5.74) is 0.101. The maximum atomic E-state index is 11.5. The summed E-state index contributed by atoms with van der Waals surface area (Å²) in [6.07, 6.45) is 0. The first kappa shape index (κ1) is 14.4. The fraction of sp³-hybridized carbons (Fsp3) is 0.222. The number of hydrogen-bond donors (Lipinski definition) is 0. The smallest absolute Gasteiger partial charge is 0.339 e. The molecule has 8 heteroatoms. The Balaban J connectivity index is 2.67. The Kier molecular flexibility index (Phi) is 4.93. The van der Waals surface area contributed by atoms with Gasteiger partial charge >= 0.3 is 5.97 Å². The van der Waals surface area contributed by atoms with Crippen molar-refractivity contribution in [3.8, 4) is 0 Å². The first-order valence-electron chi connectivity index (χ1n) is 4.35. The highest BCUT2D eigenvalue weighted by Gasteiger charge is 2.12. The third-order valence-electron chi connectivity index (χ3n) is 1.71. The van der Waals surface area contributed by atoms with Crippen LogP contribution in [0.15, 0.2) is 22.7 Å². The third kappa shape index (κ3) is 5.03. The van der Waals surface area contributed by atoms with Crippen LogP contribution in [-0.2, 0) is 14.9 Å². The number of esters is 1. The lowest BCUT2D eigenvalue weighted by molar-refractivity contribution is 0.0528. The monoisotopic (exact) mass is 341 g/mol. The van der Waals surface area contributed by atoms with Crippen LogP contribution in [0.3, 0.4) is 0 Å². The van der Waals surface area contributed by atoms with E-state index in [1.807, 2.05) is 0 Å². The van der Waals surface area contributed by atoms with E-state index in [0.29, 0.717) is 4.47 Å². The van der Waals surface area contributed by atoms with Gasteiger partial charge in [-0.25, -0.2) is 13.2 Å². The van der Waals surface area contributed by atoms with E-state index < -0.39 is 28.4 Å². The van der Waals surface area contributed by atoms with Crippen molar-refractivity contribution in [3.63, 3.8) is 0 Å². The molecule has 0 atom stereocenters. The number of hydrogen-bond acceptors (Lipinski definition) is 5. The summed E-state index contributed by atoms with van der Waals surface area (Å²) in [5, 5.41) is 0.184. The molecule has 1 rings (SSSR count). The molecular weight excluding hydrogens is 336 g/mol. The number of carbonyl (C=O) groups excluding carboxylic acids is 1. The van der Waals surface area contributed by atoms with Crippen molar-refractivity contribution in [1.82, 2.24) is 0 Å². The average molecular weight is 343 g/mol. The lowest BCUT2D eigenvalue weighted by Crippen LogP contribution is -2.15. The number of halogens is 2. The Bertz CT molecular complexity index is 528. The van der Waals surface area contributed by atoms with Crippen LogP contribution >= 0.6 is 27.5 Å². The van der Waals surface area contributed by atoms with Gasteiger partial charge in [0.2, 0.25) is 0 Å². The quantitative estimate of drug-likeness (QED) is 0.615. The third-order valence-corrected chi connectivity index (χ3v) is 3.20. The molecule has 0 radical (unpaired) electrons. The summed E-state index contributed by atoms with van der Waals surface area (Å²) >= 11 is 8.91. The van der Waals surface area contributed by atoms with Gasteiger partial charge in [0.05, 0.1) is 26.5 Å². The minimum atomic E-state index is -4.39. The lowest BCUT2D eigenvalue weighted by atomic mass is 10.2. The van der Waals surface area contributed by atoms with Crippen LogP contribution in [0, 0.1) is 0 Å². The molecule has 1 aromatic carbocycles. The van der Waals surface area contributed by atoms with Gasteiger partial charge in [-0.05, 0) is 18.2 Å². The number of ether oxygens (including phenoxy) is 1. The Morgan fingerprint density at radius 2 is 2.12 bits per heavy atom. The van der Waals surface area contributed by atoms with Gasteiger partial charge in [0.1, 0.15) is 6.61 Å². The van der Waals surface area contributed by atoms with Crippen molar-refractivity contribution in [3.05, 3.63) is 33.3 Å². The fourth-order valence-electron chi connectivity index (χ4n) is 0.968. The number of rotatable bonds is 4. The van der Waals surface area contributed by atoms with E-state index in [4.69, 9.17) is 11.6 Å². The Morgan fingerprint density at radius 3 is 2.71 bits per heavy atom. The van der Waals surface area contributed by atoms with Gasteiger partial charge in [-0.1, -0.05) is 27.5 Å². The van der Waals surface area contributed by atoms with Gasteiger partial charge in [-0.15, -0.1) is 0 Å². The van der Waals surface area contributed by atoms with E-state index >= 15 is 0 Å². The molecule has 5 nitrogen and oxygen atoms in total. The van der Waals surface area contributed by atoms with E-state index in [1.54, 1.807) is 6.07 Å². The molecule has 0 amide bonds. The molecule has 0 heterocycles. The number of carbonyl (C=O) groups is 1. The van der Waals surface area contributed by atoms with E-state index in [-0.39, 0.29) is 10.6 Å². The van der Waals surface area contributed by atoms with Crippen molar-refractivity contribution in [2.24, 2.45) is 0 Å². The second-order valence-corrected chi connectivity index (χ2v) is 5.87. The first-order chi connectivity index (χ1) is 7.79. The molecule has 0 fully saturated rings. The predicted molar refractivity (Wildman–Crippen MR) is 64.0 cm³/mol. The van der Waals surface area contributed by atoms with Crippen molar-refractivity contribution in [1.29, 1.82) is 0 Å². The molecule has 0 saturated carbocycles. The molecule has 0 aromatic heterocycles. The van der Waals surface area contributed by atoms with Crippen LogP contribution in [0.5, 0.6) is 0 Å². The highest BCUT2D eigenvalue weighted by atomic mass is 79.9. The van der Waals surface area contributed by atoms with Crippen LogP contribution in [0.25, 0.3) is 0 Å². The van der Waals surface area contributed by atoms with E-state index in [9.17, 15) is 17.8 Å². The van der Waals surface area contributed by atoms with Crippen molar-refractivity contribution in [2.45, 2.75) is 0 Å². The zero-order valence-corrected chi connectivity index (χ0v) is 11.5. The second kappa shape index (κ2) is 5.81. The van der Waals surface area contributed by atoms with Crippen molar-refractivity contribution in [2.75, 3.05) is 12.4 Å². The zero-order valence-electron chi connectivity index (χ0n) is 8.35. The highest BCUT2D eigenvalue weighted by Crippen LogP contribution is 2.21. The van der Waals surface area contributed by atoms with Gasteiger partial charge in [0, 0.05) is 4.47 Å². The van der Waals surface area contributed by atoms with Crippen LogP contribution in [-0.4, -0.2) is 31.3 Å². The second-order valence-electron chi connectivity index (χ2n) is 3.02. The molecule has 0 aliphatic rings. The highest BCUT2D eigenvalue weighted by molar-refractivity contribution is 9.10. The molecule has 1 aromatic rings. The summed E-state index contributed by atoms with van der Waals surface area (Å²) < 4.78 is 36.1. The standard InChI is InChI=1S/C9H8BrClO5S/c10-6-1-2-8(11)7(5-6)9(12)16-3-4-17(13,14)15/h1-2,5H,3-4H2,(H,13,14,15)/p-1. The Hall–Kier alpha value is -0.630. The van der Waals surface area contributed by atoms with Gasteiger partial charge in [0.25, 0.3) is 0 Å². The maximum Gasteiger partial charge on any atom is 0.339 e. The predicted octanol–water partition coefficient (Wildman–Crippen LogP) is 1.80. The topological polar surface area (TPSA) is 83.5 Å². The van der Waals surface area contributed by atoms with Gasteiger partial charge in [-0.2, -0.15) is 0 Å². The summed E-state index contributed by atoms with van der Waals surface area (Å²) in [4.78, 5) is 11.5. The lowest BCUT2D eigenvalue weighted by Gasteiger charge is -2.08. The zero-order chi connectivity index (χ0) is 13.1. The van der Waals surface area contributed by atoms with E-state index in [2.05, 4.69) is 20.7 Å². The molecule has 17 heavy (non-hydrogen) atoms. The van der Waals surface area contributed by atoms with Crippen LogP contribution in [0.1, 0.15) is 10.4 Å². The molecule has 0 N–H and O–H groups in total. The van der Waals surface area contributed by atoms with Crippen LogP contribution < -0.4 is 0 Å². The molecule has 0 saturated heterocycles. The molecule has 94 valence electrons. The summed E-state index contributed by atoms with van der Waals surface area (Å²) in [5.74, 6) is -1.54. The molecule has 0 spiro atoms. The minimum absolute atomic E-state index is 0.101. The van der Waals surface area contributed by atoms with Gasteiger partial charge < -0.3 is 9.29 Å². The Labute approximate surface area is 112 Å². The minimum Gasteiger partial charge on any atom is -0.748 e. The number of benzene rings is 1. The average Bonchev–Trinajstić information content (AvgIpc) is 2.19. The Morgan fingerprint density at radius 1 is 1.47 bits per heavy atom. The fourth-order valence-corrected chi connectivity index (χ4v) is 1.81. The molecular formula is C9H7BrClO5S-. The summed E-state index contributed by atoms with van der Waals surface area (Å²) in [6, 6.07) is 4.57. The molecule has 0 unspecified atom stereocenters. The molecule has 0 aliphatic carbocycles.